The number of amides is 1. The van der Waals surface area contributed by atoms with Crippen molar-refractivity contribution in [1.82, 2.24) is 19.9 Å². The average Bonchev–Trinajstić information content (AvgIpc) is 3.42. The predicted octanol–water partition coefficient (Wildman–Crippen LogP) is 3.68. The van der Waals surface area contributed by atoms with Crippen molar-refractivity contribution in [2.45, 2.75) is 19.2 Å². The number of thiophene rings is 1. The van der Waals surface area contributed by atoms with Gasteiger partial charge in [-0.2, -0.15) is 4.98 Å². The predicted molar refractivity (Wildman–Crippen MR) is 117 cm³/mol. The maximum absolute atomic E-state index is 12.5. The number of rotatable bonds is 7. The number of nitrogens with zero attached hydrogens (tertiary/aromatic N) is 4. The molecule has 1 aliphatic heterocycles. The van der Waals surface area contributed by atoms with E-state index >= 15 is 0 Å². The lowest BCUT2D eigenvalue weighted by Crippen LogP contribution is -2.48. The van der Waals surface area contributed by atoms with Crippen LogP contribution in [0.25, 0.3) is 10.7 Å². The fourth-order valence-corrected chi connectivity index (χ4v) is 4.74. The van der Waals surface area contributed by atoms with Crippen LogP contribution in [0.15, 0.2) is 46.3 Å². The molecule has 29 heavy (non-hydrogen) atoms. The molecule has 0 atom stereocenters. The number of aryl methyl sites for hydroxylation is 1. The summed E-state index contributed by atoms with van der Waals surface area (Å²) in [5, 5.41) is 6.06. The molecular formula is C21H24N4O2S2. The van der Waals surface area contributed by atoms with Crippen LogP contribution < -0.4 is 0 Å². The summed E-state index contributed by atoms with van der Waals surface area (Å²) in [5.41, 5.74) is 2.52. The van der Waals surface area contributed by atoms with Crippen molar-refractivity contribution < 1.29 is 9.32 Å². The molecule has 0 saturated carbocycles. The van der Waals surface area contributed by atoms with Crippen LogP contribution in [0.5, 0.6) is 0 Å². The number of carbonyl (C=O) groups is 1. The van der Waals surface area contributed by atoms with Crippen LogP contribution in [0.4, 0.5) is 0 Å². The number of aromatic nitrogens is 2. The lowest BCUT2D eigenvalue weighted by molar-refractivity contribution is -0.130. The van der Waals surface area contributed by atoms with Gasteiger partial charge in [-0.05, 0) is 23.9 Å². The molecule has 1 aromatic carbocycles. The lowest BCUT2D eigenvalue weighted by Gasteiger charge is -2.33. The highest BCUT2D eigenvalue weighted by Crippen LogP contribution is 2.22. The van der Waals surface area contributed by atoms with Gasteiger partial charge in [-0.1, -0.05) is 41.1 Å². The Morgan fingerprint density at radius 3 is 2.69 bits per heavy atom. The summed E-state index contributed by atoms with van der Waals surface area (Å²) < 4.78 is 5.39. The zero-order valence-corrected chi connectivity index (χ0v) is 18.0. The summed E-state index contributed by atoms with van der Waals surface area (Å²) in [5.74, 6) is 2.90. The molecule has 152 valence electrons. The first-order valence-corrected chi connectivity index (χ1v) is 11.7. The van der Waals surface area contributed by atoms with Crippen molar-refractivity contribution in [3.05, 3.63) is 58.8 Å². The van der Waals surface area contributed by atoms with Gasteiger partial charge in [0.15, 0.2) is 0 Å². The summed E-state index contributed by atoms with van der Waals surface area (Å²) >= 11 is 3.28. The molecule has 1 amide bonds. The number of hydrogen-bond acceptors (Lipinski definition) is 7. The van der Waals surface area contributed by atoms with Gasteiger partial charge in [-0.25, -0.2) is 0 Å². The Morgan fingerprint density at radius 2 is 1.97 bits per heavy atom. The summed E-state index contributed by atoms with van der Waals surface area (Å²) in [6.07, 6.45) is 0. The maximum atomic E-state index is 12.5. The number of piperazine rings is 1. The molecule has 1 saturated heterocycles. The van der Waals surface area contributed by atoms with Crippen molar-refractivity contribution in [3.8, 4) is 10.7 Å². The van der Waals surface area contributed by atoms with Crippen molar-refractivity contribution in [2.75, 3.05) is 31.9 Å². The highest BCUT2D eigenvalue weighted by Gasteiger charge is 2.22. The second-order valence-corrected chi connectivity index (χ2v) is 9.06. The van der Waals surface area contributed by atoms with Gasteiger partial charge >= 0.3 is 0 Å². The maximum Gasteiger partial charge on any atom is 0.241 e. The quantitative estimate of drug-likeness (QED) is 0.572. The first-order chi connectivity index (χ1) is 14.2. The fraction of sp³-hybridized carbons (Fsp3) is 0.381. The molecular weight excluding hydrogens is 404 g/mol. The van der Waals surface area contributed by atoms with Gasteiger partial charge in [-0.15, -0.1) is 23.1 Å². The summed E-state index contributed by atoms with van der Waals surface area (Å²) in [4.78, 5) is 22.2. The van der Waals surface area contributed by atoms with Gasteiger partial charge in [0.05, 0.1) is 17.2 Å². The van der Waals surface area contributed by atoms with Crippen LogP contribution in [0, 0.1) is 6.92 Å². The third-order valence-electron chi connectivity index (χ3n) is 4.91. The van der Waals surface area contributed by atoms with E-state index in [-0.39, 0.29) is 5.91 Å². The second kappa shape index (κ2) is 9.56. The zero-order valence-electron chi connectivity index (χ0n) is 16.4. The Balaban J connectivity index is 1.19. The molecule has 6 nitrogen and oxygen atoms in total. The van der Waals surface area contributed by atoms with E-state index in [0.29, 0.717) is 24.0 Å². The summed E-state index contributed by atoms with van der Waals surface area (Å²) in [6.45, 7) is 5.85. The Hall–Kier alpha value is -2.16. The topological polar surface area (TPSA) is 62.5 Å². The van der Waals surface area contributed by atoms with Crippen LogP contribution in [0.1, 0.15) is 17.0 Å². The highest BCUT2D eigenvalue weighted by molar-refractivity contribution is 7.99. The van der Waals surface area contributed by atoms with E-state index in [1.807, 2.05) is 22.4 Å². The molecule has 3 aromatic rings. The Labute approximate surface area is 178 Å². The number of hydrogen-bond donors (Lipinski definition) is 0. The van der Waals surface area contributed by atoms with Crippen molar-refractivity contribution in [1.29, 1.82) is 0 Å². The normalized spacial score (nSPS) is 15.0. The van der Waals surface area contributed by atoms with E-state index in [2.05, 4.69) is 46.2 Å². The monoisotopic (exact) mass is 428 g/mol. The molecule has 0 unspecified atom stereocenters. The van der Waals surface area contributed by atoms with Gasteiger partial charge in [0, 0.05) is 31.9 Å². The minimum Gasteiger partial charge on any atom is -0.339 e. The van der Waals surface area contributed by atoms with Crippen LogP contribution >= 0.6 is 23.1 Å². The Bertz CT molecular complexity index is 917. The molecule has 0 spiro atoms. The third kappa shape index (κ3) is 5.46. The first-order valence-electron chi connectivity index (χ1n) is 9.67. The van der Waals surface area contributed by atoms with Crippen LogP contribution in [0.3, 0.4) is 0 Å². The average molecular weight is 429 g/mol. The van der Waals surface area contributed by atoms with E-state index in [4.69, 9.17) is 4.52 Å². The fourth-order valence-electron chi connectivity index (χ4n) is 3.20. The van der Waals surface area contributed by atoms with Crippen molar-refractivity contribution >= 4 is 29.0 Å². The van der Waals surface area contributed by atoms with Crippen molar-refractivity contribution in [3.63, 3.8) is 0 Å². The SMILES string of the molecule is Cc1ccc(CSCC(=O)N2CCN(Cc3nc(-c4cccs4)no3)CC2)cc1. The largest absolute Gasteiger partial charge is 0.339 e. The van der Waals surface area contributed by atoms with Gasteiger partial charge < -0.3 is 9.42 Å². The molecule has 0 radical (unpaired) electrons. The van der Waals surface area contributed by atoms with Gasteiger partial charge in [0.1, 0.15) is 0 Å². The van der Waals surface area contributed by atoms with Crippen LogP contribution in [-0.2, 0) is 17.1 Å². The smallest absolute Gasteiger partial charge is 0.241 e. The van der Waals surface area contributed by atoms with Crippen LogP contribution in [-0.4, -0.2) is 57.8 Å². The van der Waals surface area contributed by atoms with E-state index < -0.39 is 0 Å². The first kappa shape index (κ1) is 20.1. The second-order valence-electron chi connectivity index (χ2n) is 7.12. The summed E-state index contributed by atoms with van der Waals surface area (Å²) in [6, 6.07) is 12.5. The minimum atomic E-state index is 0.222. The molecule has 0 N–H and O–H groups in total. The molecule has 2 aromatic heterocycles. The van der Waals surface area contributed by atoms with E-state index in [1.165, 1.54) is 11.1 Å². The van der Waals surface area contributed by atoms with Gasteiger partial charge in [-0.3, -0.25) is 9.69 Å². The molecule has 4 rings (SSSR count). The Morgan fingerprint density at radius 1 is 1.17 bits per heavy atom. The zero-order chi connectivity index (χ0) is 20.1. The van der Waals surface area contributed by atoms with E-state index in [0.717, 1.165) is 36.8 Å². The molecule has 1 fully saturated rings. The van der Waals surface area contributed by atoms with E-state index in [1.54, 1.807) is 23.1 Å². The molecule has 0 bridgehead atoms. The summed E-state index contributed by atoms with van der Waals surface area (Å²) in [7, 11) is 0. The number of thioether (sulfide) groups is 1. The minimum absolute atomic E-state index is 0.222. The highest BCUT2D eigenvalue weighted by atomic mass is 32.2. The Kier molecular flexibility index (Phi) is 6.63. The van der Waals surface area contributed by atoms with E-state index in [9.17, 15) is 4.79 Å². The molecule has 3 heterocycles. The van der Waals surface area contributed by atoms with Gasteiger partial charge in [0.25, 0.3) is 0 Å². The molecule has 8 heteroatoms. The van der Waals surface area contributed by atoms with Crippen molar-refractivity contribution in [2.24, 2.45) is 0 Å². The number of benzene rings is 1. The van der Waals surface area contributed by atoms with Crippen LogP contribution in [0.2, 0.25) is 0 Å². The standard InChI is InChI=1S/C21H24N4O2S2/c1-16-4-6-17(7-5-16)14-28-15-20(26)25-10-8-24(9-11-25)13-19-22-21(23-27-19)18-3-2-12-29-18/h2-7,12H,8-11,13-15H2,1H3. The lowest BCUT2D eigenvalue weighted by atomic mass is 10.2. The van der Waals surface area contributed by atoms with Gasteiger partial charge in [0.2, 0.25) is 17.6 Å². The third-order valence-corrected chi connectivity index (χ3v) is 6.76. The number of carbonyl (C=O) groups excluding carboxylic acids is 1. The molecule has 1 aliphatic rings. The molecule has 0 aliphatic carbocycles.